The van der Waals surface area contributed by atoms with Crippen LogP contribution in [0.1, 0.15) is 32.8 Å². The molecule has 0 aliphatic heterocycles. The number of ether oxygens (including phenoxy) is 2. The number of aliphatic hydroxyl groups excluding tert-OH is 1. The normalized spacial score (nSPS) is 13.7. The first-order valence-corrected chi connectivity index (χ1v) is 14.1. The highest BCUT2D eigenvalue weighted by atomic mass is 28.4. The lowest BCUT2D eigenvalue weighted by Gasteiger charge is -2.43. The fourth-order valence-electron chi connectivity index (χ4n) is 4.44. The molecule has 0 fully saturated rings. The summed E-state index contributed by atoms with van der Waals surface area (Å²) in [6.45, 7) is 7.00. The molecule has 0 aliphatic rings. The average Bonchev–Trinajstić information content (AvgIpc) is 2.88. The van der Waals surface area contributed by atoms with Crippen molar-refractivity contribution in [2.45, 2.75) is 51.3 Å². The lowest BCUT2D eigenvalue weighted by Crippen LogP contribution is -2.67. The van der Waals surface area contributed by atoms with E-state index in [0.717, 1.165) is 15.9 Å². The Morgan fingerprint density at radius 2 is 1.39 bits per heavy atom. The predicted octanol–water partition coefficient (Wildman–Crippen LogP) is 3.58. The van der Waals surface area contributed by atoms with Gasteiger partial charge < -0.3 is 19.0 Å². The molecule has 2 N–H and O–H groups in total. The summed E-state index contributed by atoms with van der Waals surface area (Å²) in [6.07, 6.45) is -1.25. The third-order valence-corrected chi connectivity index (χ3v) is 11.2. The topological polar surface area (TPSA) is 77.0 Å². The molecule has 0 saturated carbocycles. The first-order chi connectivity index (χ1) is 17.3. The van der Waals surface area contributed by atoms with Crippen LogP contribution >= 0.6 is 0 Å². The summed E-state index contributed by atoms with van der Waals surface area (Å²) in [7, 11) is -1.46. The highest BCUT2D eigenvalue weighted by Gasteiger charge is 2.50. The van der Waals surface area contributed by atoms with Crippen molar-refractivity contribution in [2.24, 2.45) is 0 Å². The number of hydrogen-bond acceptors (Lipinski definition) is 6. The van der Waals surface area contributed by atoms with E-state index in [1.165, 1.54) is 7.11 Å². The molecule has 0 amide bonds. The van der Waals surface area contributed by atoms with Crippen molar-refractivity contribution < 1.29 is 23.8 Å². The monoisotopic (exact) mass is 507 g/mol. The molecule has 0 saturated heterocycles. The lowest BCUT2D eigenvalue weighted by atomic mass is 10.2. The quantitative estimate of drug-likeness (QED) is 0.222. The number of carbonyl (C=O) groups excluding carboxylic acids is 1. The fraction of sp³-hybridized carbons (Fsp3) is 0.345. The van der Waals surface area contributed by atoms with E-state index >= 15 is 0 Å². The smallest absolute Gasteiger partial charge is 0.307 e. The molecule has 1 unspecified atom stereocenters. The van der Waals surface area contributed by atoms with Crippen molar-refractivity contribution in [1.29, 1.82) is 0 Å². The molecule has 2 atom stereocenters. The predicted molar refractivity (Wildman–Crippen MR) is 144 cm³/mol. The van der Waals surface area contributed by atoms with Gasteiger partial charge in [0.15, 0.2) is 0 Å². The summed E-state index contributed by atoms with van der Waals surface area (Å²) in [5.74, 6) is -0.395. The minimum atomic E-state index is -2.81. The van der Waals surface area contributed by atoms with Crippen LogP contribution in [0.5, 0.6) is 0 Å². The van der Waals surface area contributed by atoms with Gasteiger partial charge in [0.1, 0.15) is 0 Å². The Bertz CT molecular complexity index is 1020. The van der Waals surface area contributed by atoms with Crippen LogP contribution in [0.4, 0.5) is 0 Å². The molecule has 3 rings (SSSR count). The Hall–Kier alpha value is -2.81. The van der Waals surface area contributed by atoms with Gasteiger partial charge in [0.25, 0.3) is 8.32 Å². The molecule has 7 heteroatoms. The maximum atomic E-state index is 12.2. The number of aliphatic hydroxyl groups is 1. The molecule has 0 spiro atoms. The third kappa shape index (κ3) is 7.12. The molecule has 0 aliphatic carbocycles. The highest BCUT2D eigenvalue weighted by molar-refractivity contribution is 6.99. The van der Waals surface area contributed by atoms with Crippen molar-refractivity contribution in [3.05, 3.63) is 96.6 Å². The first-order valence-electron chi connectivity index (χ1n) is 12.2. The van der Waals surface area contributed by atoms with Crippen LogP contribution in [0.2, 0.25) is 5.04 Å². The van der Waals surface area contributed by atoms with Gasteiger partial charge in [0.2, 0.25) is 6.41 Å². The second kappa shape index (κ2) is 12.9. The Balaban J connectivity index is 1.85. The zero-order valence-corrected chi connectivity index (χ0v) is 22.5. The van der Waals surface area contributed by atoms with E-state index in [9.17, 15) is 9.90 Å². The molecule has 0 heterocycles. The van der Waals surface area contributed by atoms with Crippen LogP contribution in [0.15, 0.2) is 91.0 Å². The minimum Gasteiger partial charge on any atom is -0.469 e. The van der Waals surface area contributed by atoms with Gasteiger partial charge in [-0.25, -0.2) is 0 Å². The maximum absolute atomic E-state index is 12.2. The van der Waals surface area contributed by atoms with E-state index in [-0.39, 0.29) is 24.7 Å². The fourth-order valence-corrected chi connectivity index (χ4v) is 9.04. The molecule has 0 aromatic heterocycles. The van der Waals surface area contributed by atoms with Crippen LogP contribution in [-0.4, -0.2) is 45.6 Å². The molecular formula is C29H37NO5Si. The van der Waals surface area contributed by atoms with Gasteiger partial charge in [-0.2, -0.15) is 0 Å². The van der Waals surface area contributed by atoms with Crippen LogP contribution < -0.4 is 15.7 Å². The Morgan fingerprint density at radius 3 is 1.86 bits per heavy atom. The highest BCUT2D eigenvalue weighted by Crippen LogP contribution is 2.36. The summed E-state index contributed by atoms with van der Waals surface area (Å²) in [4.78, 5) is 12.2. The maximum Gasteiger partial charge on any atom is 0.307 e. The van der Waals surface area contributed by atoms with Gasteiger partial charge in [-0.3, -0.25) is 10.1 Å². The van der Waals surface area contributed by atoms with E-state index in [4.69, 9.17) is 13.9 Å². The van der Waals surface area contributed by atoms with Crippen LogP contribution in [0.25, 0.3) is 0 Å². The summed E-state index contributed by atoms with van der Waals surface area (Å²) in [5.41, 5.74) is 0.937. The minimum absolute atomic E-state index is 0.0282. The van der Waals surface area contributed by atoms with E-state index in [1.54, 1.807) is 0 Å². The SMILES string of the molecule is COC(=O)C[C@@H](CO[Si](c1ccccc1)(c1ccccc1)C(C)(C)C)NC(O)OCc1ccccc1. The van der Waals surface area contributed by atoms with E-state index in [1.807, 2.05) is 66.7 Å². The number of methoxy groups -OCH3 is 1. The first kappa shape index (κ1) is 27.8. The molecule has 6 nitrogen and oxygen atoms in total. The van der Waals surface area contributed by atoms with Gasteiger partial charge in [-0.15, -0.1) is 0 Å². The van der Waals surface area contributed by atoms with Crippen LogP contribution in [0, 0.1) is 0 Å². The average molecular weight is 508 g/mol. The van der Waals surface area contributed by atoms with E-state index in [0.29, 0.717) is 0 Å². The van der Waals surface area contributed by atoms with Crippen molar-refractivity contribution in [3.63, 3.8) is 0 Å². The summed E-state index contributed by atoms with van der Waals surface area (Å²) >= 11 is 0. The second-order valence-electron chi connectivity index (χ2n) is 9.77. The largest absolute Gasteiger partial charge is 0.469 e. The van der Waals surface area contributed by atoms with Crippen LogP contribution in [-0.2, 0) is 25.3 Å². The number of carbonyl (C=O) groups is 1. The van der Waals surface area contributed by atoms with Crippen molar-refractivity contribution in [2.75, 3.05) is 13.7 Å². The summed E-state index contributed by atoms with van der Waals surface area (Å²) < 4.78 is 17.4. The number of esters is 1. The van der Waals surface area contributed by atoms with Crippen LogP contribution in [0.3, 0.4) is 0 Å². The Kier molecular flexibility index (Phi) is 9.98. The summed E-state index contributed by atoms with van der Waals surface area (Å²) in [5, 5.41) is 15.6. The van der Waals surface area contributed by atoms with Gasteiger partial charge in [-0.1, -0.05) is 112 Å². The van der Waals surface area contributed by atoms with E-state index in [2.05, 4.69) is 50.4 Å². The van der Waals surface area contributed by atoms with Crippen molar-refractivity contribution in [3.8, 4) is 0 Å². The summed E-state index contributed by atoms with van der Waals surface area (Å²) in [6, 6.07) is 29.6. The molecule has 36 heavy (non-hydrogen) atoms. The number of benzene rings is 3. The standard InChI is InChI=1S/C29H37NO5Si/c1-29(2,3)36(25-16-10-6-11-17-25,26-18-12-7-13-19-26)35-22-24(20-27(31)33-4)30-28(32)34-21-23-14-8-5-9-15-23/h5-19,24,28,30,32H,20-22H2,1-4H3/t24-,28?/m0/s1. The molecule has 0 radical (unpaired) electrons. The number of hydrogen-bond donors (Lipinski definition) is 2. The molecule has 0 bridgehead atoms. The lowest BCUT2D eigenvalue weighted by molar-refractivity contribution is -0.147. The number of rotatable bonds is 12. The zero-order valence-electron chi connectivity index (χ0n) is 21.5. The van der Waals surface area contributed by atoms with Crippen molar-refractivity contribution >= 4 is 24.7 Å². The Morgan fingerprint density at radius 1 is 0.889 bits per heavy atom. The zero-order chi connectivity index (χ0) is 26.0. The Labute approximate surface area is 215 Å². The van der Waals surface area contributed by atoms with Gasteiger partial charge in [0.05, 0.1) is 26.7 Å². The third-order valence-electron chi connectivity index (χ3n) is 6.19. The van der Waals surface area contributed by atoms with Gasteiger partial charge in [-0.05, 0) is 21.0 Å². The van der Waals surface area contributed by atoms with Gasteiger partial charge in [0, 0.05) is 6.04 Å². The molecule has 192 valence electrons. The van der Waals surface area contributed by atoms with E-state index < -0.39 is 26.7 Å². The molecular weight excluding hydrogens is 470 g/mol. The molecule has 3 aromatic carbocycles. The van der Waals surface area contributed by atoms with Gasteiger partial charge >= 0.3 is 5.97 Å². The second-order valence-corrected chi connectivity index (χ2v) is 14.1. The van der Waals surface area contributed by atoms with Crippen molar-refractivity contribution in [1.82, 2.24) is 5.32 Å². The number of nitrogens with one attached hydrogen (secondary N) is 1. The molecule has 3 aromatic rings.